The van der Waals surface area contributed by atoms with E-state index in [1.54, 1.807) is 4.57 Å². The van der Waals surface area contributed by atoms with Crippen LogP contribution in [0.2, 0.25) is 0 Å². The van der Waals surface area contributed by atoms with E-state index in [-0.39, 0.29) is 35.1 Å². The Kier molecular flexibility index (Phi) is 4.38. The fourth-order valence-corrected chi connectivity index (χ4v) is 6.14. The summed E-state index contributed by atoms with van der Waals surface area (Å²) in [7, 11) is -3.25. The number of rotatable bonds is 5. The van der Waals surface area contributed by atoms with Crippen molar-refractivity contribution in [1.82, 2.24) is 14.9 Å². The van der Waals surface area contributed by atoms with Gasteiger partial charge in [-0.3, -0.25) is 4.79 Å². The number of aromatic nitrogens is 2. The van der Waals surface area contributed by atoms with Gasteiger partial charge in [0, 0.05) is 12.3 Å². The summed E-state index contributed by atoms with van der Waals surface area (Å²) in [6, 6.07) is 7.63. The molecule has 28 heavy (non-hydrogen) atoms. The highest BCUT2D eigenvalue weighted by Gasteiger charge is 2.61. The van der Waals surface area contributed by atoms with Gasteiger partial charge < -0.3 is 9.88 Å². The van der Waals surface area contributed by atoms with Gasteiger partial charge in [-0.1, -0.05) is 32.9 Å². The van der Waals surface area contributed by atoms with Gasteiger partial charge in [0.2, 0.25) is 5.91 Å². The molecular weight excluding hydrogens is 374 g/mol. The summed E-state index contributed by atoms with van der Waals surface area (Å²) in [5, 5.41) is 3.26. The van der Waals surface area contributed by atoms with Gasteiger partial charge in [0.1, 0.15) is 18.1 Å². The number of nitrogens with zero attached hydrogens (tertiary/aromatic N) is 2. The minimum Gasteiger partial charge on any atom is -0.351 e. The first kappa shape index (κ1) is 19.4. The van der Waals surface area contributed by atoms with Crippen LogP contribution in [0.1, 0.15) is 45.9 Å². The van der Waals surface area contributed by atoms with Gasteiger partial charge in [0.25, 0.3) is 0 Å². The smallest absolute Gasteiger partial charge is 0.240 e. The molecule has 0 spiro atoms. The Morgan fingerprint density at radius 1 is 1.29 bits per heavy atom. The molecule has 152 valence electrons. The van der Waals surface area contributed by atoms with Gasteiger partial charge in [-0.15, -0.1) is 0 Å². The normalized spacial score (nSPS) is 28.7. The van der Waals surface area contributed by atoms with E-state index < -0.39 is 9.84 Å². The zero-order chi connectivity index (χ0) is 20.3. The van der Waals surface area contributed by atoms with Crippen LogP contribution in [0, 0.1) is 16.7 Å². The number of carbonyl (C=O) groups is 1. The number of fused-ring (bicyclic) bond motifs is 3. The highest BCUT2D eigenvalue weighted by molar-refractivity contribution is 7.89. The van der Waals surface area contributed by atoms with Crippen molar-refractivity contribution >= 4 is 26.8 Å². The maximum absolute atomic E-state index is 12.9. The lowest BCUT2D eigenvalue weighted by Crippen LogP contribution is -2.47. The van der Waals surface area contributed by atoms with E-state index in [4.69, 9.17) is 0 Å². The second-order valence-electron chi connectivity index (χ2n) is 9.40. The molecule has 1 amide bonds. The van der Waals surface area contributed by atoms with Crippen molar-refractivity contribution in [3.8, 4) is 0 Å². The third-order valence-corrected chi connectivity index (χ3v) is 8.34. The number of amides is 1. The van der Waals surface area contributed by atoms with Crippen LogP contribution in [-0.2, 0) is 26.9 Å². The van der Waals surface area contributed by atoms with E-state index >= 15 is 0 Å². The third kappa shape index (κ3) is 3.04. The predicted octanol–water partition coefficient (Wildman–Crippen LogP) is 2.91. The topological polar surface area (TPSA) is 81.1 Å². The molecule has 1 heterocycles. The molecule has 2 aromatic rings. The molecule has 0 aliphatic heterocycles. The molecule has 2 fully saturated rings. The first-order valence-electron chi connectivity index (χ1n) is 9.92. The molecule has 4 rings (SSSR count). The van der Waals surface area contributed by atoms with E-state index in [0.29, 0.717) is 17.3 Å². The molecule has 0 radical (unpaired) electrons. The Labute approximate surface area is 166 Å². The lowest BCUT2D eigenvalue weighted by atomic mass is 9.69. The van der Waals surface area contributed by atoms with Crippen LogP contribution >= 0.6 is 0 Å². The molecular formula is C21H29N3O3S. The summed E-state index contributed by atoms with van der Waals surface area (Å²) in [6.07, 6.45) is 4.59. The second kappa shape index (κ2) is 6.31. The first-order valence-corrected chi connectivity index (χ1v) is 12.0. The summed E-state index contributed by atoms with van der Waals surface area (Å²) < 4.78 is 25.4. The number of imidazole rings is 1. The maximum atomic E-state index is 12.9. The summed E-state index contributed by atoms with van der Waals surface area (Å²) in [6.45, 7) is 7.03. The Bertz CT molecular complexity index is 1040. The highest BCUT2D eigenvalue weighted by Crippen LogP contribution is 2.65. The van der Waals surface area contributed by atoms with Crippen LogP contribution in [0.15, 0.2) is 24.3 Å². The maximum Gasteiger partial charge on any atom is 0.240 e. The number of nitrogens with one attached hydrogen (secondary N) is 1. The molecule has 0 unspecified atom stereocenters. The molecule has 2 bridgehead atoms. The number of hydrogen-bond acceptors (Lipinski definition) is 4. The fourth-order valence-electron chi connectivity index (χ4n) is 5.45. The average Bonchev–Trinajstić information content (AvgIpc) is 3.09. The van der Waals surface area contributed by atoms with Gasteiger partial charge in [-0.2, -0.15) is 0 Å². The van der Waals surface area contributed by atoms with Crippen LogP contribution < -0.4 is 5.32 Å². The molecule has 2 aliphatic rings. The summed E-state index contributed by atoms with van der Waals surface area (Å²) in [5.74, 6) is 0.814. The quantitative estimate of drug-likeness (QED) is 0.832. The lowest BCUT2D eigenvalue weighted by Gasteiger charge is -2.39. The van der Waals surface area contributed by atoms with E-state index in [1.807, 2.05) is 24.3 Å². The van der Waals surface area contributed by atoms with Crippen LogP contribution in [0.3, 0.4) is 0 Å². The van der Waals surface area contributed by atoms with E-state index in [2.05, 4.69) is 31.1 Å². The molecule has 1 N–H and O–H groups in total. The third-order valence-electron chi connectivity index (χ3n) is 7.56. The summed E-state index contributed by atoms with van der Waals surface area (Å²) >= 11 is 0. The number of para-hydroxylation sites is 2. The van der Waals surface area contributed by atoms with Gasteiger partial charge in [0.05, 0.1) is 11.0 Å². The van der Waals surface area contributed by atoms with Crippen molar-refractivity contribution in [2.45, 2.75) is 58.4 Å². The molecule has 2 aliphatic carbocycles. The van der Waals surface area contributed by atoms with E-state index in [0.717, 1.165) is 18.4 Å². The molecule has 2 saturated carbocycles. The SMILES string of the molecule is CC1(C)[C@H]2CC[C@@]1(C)[C@H](NC(=O)Cn1c(CS(C)(=O)=O)nc3ccccc31)C2. The van der Waals surface area contributed by atoms with Gasteiger partial charge in [-0.25, -0.2) is 13.4 Å². The molecule has 1 aromatic carbocycles. The number of carbonyl (C=O) groups excluding carboxylic acids is 1. The van der Waals surface area contributed by atoms with Crippen LogP contribution in [0.5, 0.6) is 0 Å². The zero-order valence-electron chi connectivity index (χ0n) is 17.0. The Balaban J connectivity index is 1.58. The molecule has 1 aromatic heterocycles. The van der Waals surface area contributed by atoms with Gasteiger partial charge in [0.15, 0.2) is 9.84 Å². The summed E-state index contributed by atoms with van der Waals surface area (Å²) in [4.78, 5) is 17.4. The fraction of sp³-hybridized carbons (Fsp3) is 0.619. The average molecular weight is 404 g/mol. The van der Waals surface area contributed by atoms with Crippen LogP contribution in [0.4, 0.5) is 0 Å². The largest absolute Gasteiger partial charge is 0.351 e. The van der Waals surface area contributed by atoms with E-state index in [9.17, 15) is 13.2 Å². The molecule has 7 heteroatoms. The number of benzene rings is 1. The molecule has 0 saturated heterocycles. The van der Waals surface area contributed by atoms with Gasteiger partial charge in [-0.05, 0) is 48.1 Å². The van der Waals surface area contributed by atoms with Crippen molar-refractivity contribution in [2.75, 3.05) is 6.26 Å². The predicted molar refractivity (Wildman–Crippen MR) is 109 cm³/mol. The Morgan fingerprint density at radius 3 is 2.61 bits per heavy atom. The summed E-state index contributed by atoms with van der Waals surface area (Å²) in [5.41, 5.74) is 1.84. The monoisotopic (exact) mass is 403 g/mol. The van der Waals surface area contributed by atoms with Crippen molar-refractivity contribution in [3.05, 3.63) is 30.1 Å². The number of sulfone groups is 1. The number of hydrogen-bond donors (Lipinski definition) is 1. The van der Waals surface area contributed by atoms with Crippen molar-refractivity contribution in [1.29, 1.82) is 0 Å². The highest BCUT2D eigenvalue weighted by atomic mass is 32.2. The molecule has 6 nitrogen and oxygen atoms in total. The standard InChI is InChI=1S/C21H29N3O3S/c1-20(2)14-9-10-21(20,3)17(11-14)23-19(25)12-24-16-8-6-5-7-15(16)22-18(24)13-28(4,26)27/h5-8,14,17H,9-13H2,1-4H3,(H,23,25)/t14-,17+,21-/m0/s1. The Hall–Kier alpha value is -1.89. The van der Waals surface area contributed by atoms with Crippen molar-refractivity contribution in [2.24, 2.45) is 16.7 Å². The van der Waals surface area contributed by atoms with E-state index in [1.165, 1.54) is 12.7 Å². The second-order valence-corrected chi connectivity index (χ2v) is 11.5. The van der Waals surface area contributed by atoms with Gasteiger partial charge >= 0.3 is 0 Å². The van der Waals surface area contributed by atoms with Crippen LogP contribution in [-0.4, -0.2) is 36.2 Å². The molecule has 3 atom stereocenters. The van der Waals surface area contributed by atoms with Crippen molar-refractivity contribution < 1.29 is 13.2 Å². The van der Waals surface area contributed by atoms with Crippen molar-refractivity contribution in [3.63, 3.8) is 0 Å². The zero-order valence-corrected chi connectivity index (χ0v) is 17.8. The Morgan fingerprint density at radius 2 is 2.00 bits per heavy atom. The lowest BCUT2D eigenvalue weighted by molar-refractivity contribution is -0.123. The minimum absolute atomic E-state index is 0.0764. The van der Waals surface area contributed by atoms with Crippen LogP contribution in [0.25, 0.3) is 11.0 Å². The minimum atomic E-state index is -3.25. The first-order chi connectivity index (χ1) is 13.0.